The Morgan fingerprint density at radius 1 is 1.21 bits per heavy atom. The van der Waals surface area contributed by atoms with Crippen molar-refractivity contribution in [2.24, 2.45) is 0 Å². The summed E-state index contributed by atoms with van der Waals surface area (Å²) in [5.41, 5.74) is 0. The number of rotatable bonds is 8. The first-order valence-electron chi connectivity index (χ1n) is 7.29. The van der Waals surface area contributed by atoms with Crippen LogP contribution in [0.1, 0.15) is 20.3 Å². The molecule has 1 aromatic rings. The van der Waals surface area contributed by atoms with Gasteiger partial charge in [-0.05, 0) is 38.1 Å². The van der Waals surface area contributed by atoms with Crippen LogP contribution in [-0.2, 0) is 19.6 Å². The third-order valence-electron chi connectivity index (χ3n) is 3.39. The first kappa shape index (κ1) is 20.4. The molecule has 1 aromatic carbocycles. The second-order valence-corrected chi connectivity index (χ2v) is 8.02. The van der Waals surface area contributed by atoms with E-state index in [4.69, 9.17) is 16.7 Å². The fourth-order valence-electron chi connectivity index (χ4n) is 2.04. The van der Waals surface area contributed by atoms with E-state index in [1.54, 1.807) is 13.8 Å². The fraction of sp³-hybridized carbons (Fsp3) is 0.467. The molecule has 0 aliphatic heterocycles. The summed E-state index contributed by atoms with van der Waals surface area (Å²) in [6.07, 6.45) is -0.197. The number of hydrogen-bond donors (Lipinski definition) is 1. The summed E-state index contributed by atoms with van der Waals surface area (Å²) in [6, 6.07) is 5.41. The Hall–Kier alpha value is -1.64. The summed E-state index contributed by atoms with van der Waals surface area (Å²) >= 11 is 5.75. The summed E-state index contributed by atoms with van der Waals surface area (Å²) in [5.74, 6) is -1.47. The lowest BCUT2D eigenvalue weighted by Crippen LogP contribution is -2.45. The van der Waals surface area contributed by atoms with Crippen molar-refractivity contribution in [3.05, 3.63) is 29.3 Å². The zero-order valence-corrected chi connectivity index (χ0v) is 15.3. The van der Waals surface area contributed by atoms with Crippen molar-refractivity contribution in [1.29, 1.82) is 0 Å². The number of amides is 1. The van der Waals surface area contributed by atoms with Crippen LogP contribution >= 0.6 is 11.6 Å². The van der Waals surface area contributed by atoms with Gasteiger partial charge < -0.3 is 10.0 Å². The minimum Gasteiger partial charge on any atom is -0.481 e. The molecule has 1 rings (SSSR count). The molecule has 0 saturated carbocycles. The number of sulfonamides is 1. The van der Waals surface area contributed by atoms with Crippen molar-refractivity contribution >= 4 is 33.5 Å². The Morgan fingerprint density at radius 2 is 1.75 bits per heavy atom. The average molecular weight is 377 g/mol. The smallest absolute Gasteiger partial charge is 0.305 e. The number of carbonyl (C=O) groups excluding carboxylic acids is 1. The largest absolute Gasteiger partial charge is 0.481 e. The molecule has 0 fully saturated rings. The van der Waals surface area contributed by atoms with Gasteiger partial charge in [0.15, 0.2) is 0 Å². The van der Waals surface area contributed by atoms with Crippen LogP contribution < -0.4 is 0 Å². The molecule has 0 heterocycles. The summed E-state index contributed by atoms with van der Waals surface area (Å²) in [7, 11) is -2.53. The van der Waals surface area contributed by atoms with E-state index in [0.29, 0.717) is 5.02 Å². The third kappa shape index (κ3) is 5.47. The van der Waals surface area contributed by atoms with Crippen molar-refractivity contribution in [1.82, 2.24) is 9.21 Å². The molecule has 24 heavy (non-hydrogen) atoms. The zero-order valence-electron chi connectivity index (χ0n) is 13.8. The van der Waals surface area contributed by atoms with Crippen LogP contribution in [-0.4, -0.2) is 60.8 Å². The van der Waals surface area contributed by atoms with Crippen LogP contribution in [0.4, 0.5) is 0 Å². The standard InChI is InChI=1S/C15H21ClN2O5S/c1-11(2)18(9-8-15(20)21)14(19)10-17(3)24(22,23)13-6-4-12(16)5-7-13/h4-7,11H,8-10H2,1-3H3,(H,20,21). The molecule has 0 aromatic heterocycles. The van der Waals surface area contributed by atoms with Gasteiger partial charge in [-0.1, -0.05) is 11.6 Å². The van der Waals surface area contributed by atoms with E-state index in [1.807, 2.05) is 0 Å². The van der Waals surface area contributed by atoms with Crippen molar-refractivity contribution in [2.45, 2.75) is 31.2 Å². The summed E-state index contributed by atoms with van der Waals surface area (Å²) in [4.78, 5) is 24.4. The lowest BCUT2D eigenvalue weighted by atomic mass is 10.2. The van der Waals surface area contributed by atoms with Gasteiger partial charge in [-0.25, -0.2) is 8.42 Å². The number of aliphatic carboxylic acids is 1. The van der Waals surface area contributed by atoms with E-state index in [2.05, 4.69) is 0 Å². The van der Waals surface area contributed by atoms with Gasteiger partial charge in [-0.3, -0.25) is 9.59 Å². The van der Waals surface area contributed by atoms with Gasteiger partial charge in [0.05, 0.1) is 17.9 Å². The Balaban J connectivity index is 2.86. The number of carboxylic acids is 1. The molecule has 0 spiro atoms. The number of carbonyl (C=O) groups is 2. The monoisotopic (exact) mass is 376 g/mol. The highest BCUT2D eigenvalue weighted by molar-refractivity contribution is 7.89. The van der Waals surface area contributed by atoms with Gasteiger partial charge in [0.2, 0.25) is 15.9 Å². The molecule has 1 N–H and O–H groups in total. The molecular weight excluding hydrogens is 356 g/mol. The SMILES string of the molecule is CC(C)N(CCC(=O)O)C(=O)CN(C)S(=O)(=O)c1ccc(Cl)cc1. The Kier molecular flexibility index (Phi) is 7.19. The first-order chi connectivity index (χ1) is 11.1. The van der Waals surface area contributed by atoms with Crippen molar-refractivity contribution < 1.29 is 23.1 Å². The number of likely N-dealkylation sites (N-methyl/N-ethyl adjacent to an activating group) is 1. The average Bonchev–Trinajstić information content (AvgIpc) is 2.46. The molecule has 0 unspecified atom stereocenters. The van der Waals surface area contributed by atoms with Crippen LogP contribution in [0.3, 0.4) is 0 Å². The van der Waals surface area contributed by atoms with E-state index >= 15 is 0 Å². The van der Waals surface area contributed by atoms with E-state index < -0.39 is 21.9 Å². The van der Waals surface area contributed by atoms with Crippen LogP contribution in [0.25, 0.3) is 0 Å². The van der Waals surface area contributed by atoms with Crippen molar-refractivity contribution in [3.8, 4) is 0 Å². The van der Waals surface area contributed by atoms with Crippen LogP contribution in [0.15, 0.2) is 29.2 Å². The molecule has 0 radical (unpaired) electrons. The summed E-state index contributed by atoms with van der Waals surface area (Å²) in [5, 5.41) is 9.16. The minimum absolute atomic E-state index is 0.0284. The lowest BCUT2D eigenvalue weighted by molar-refractivity contribution is -0.139. The second-order valence-electron chi connectivity index (χ2n) is 5.54. The highest BCUT2D eigenvalue weighted by Crippen LogP contribution is 2.17. The molecule has 9 heteroatoms. The fourth-order valence-corrected chi connectivity index (χ4v) is 3.29. The highest BCUT2D eigenvalue weighted by Gasteiger charge is 2.26. The predicted octanol–water partition coefficient (Wildman–Crippen LogP) is 1.67. The van der Waals surface area contributed by atoms with Crippen molar-refractivity contribution in [3.63, 3.8) is 0 Å². The second kappa shape index (κ2) is 8.46. The molecule has 134 valence electrons. The Bertz CT molecular complexity index is 688. The topological polar surface area (TPSA) is 95.0 Å². The molecule has 0 aliphatic rings. The van der Waals surface area contributed by atoms with Crippen LogP contribution in [0.5, 0.6) is 0 Å². The maximum atomic E-state index is 12.5. The van der Waals surface area contributed by atoms with E-state index in [1.165, 1.54) is 36.2 Å². The third-order valence-corrected chi connectivity index (χ3v) is 5.46. The first-order valence-corrected chi connectivity index (χ1v) is 9.10. The number of hydrogen-bond acceptors (Lipinski definition) is 4. The van der Waals surface area contributed by atoms with Gasteiger partial charge >= 0.3 is 5.97 Å². The van der Waals surface area contributed by atoms with E-state index in [-0.39, 0.29) is 30.4 Å². The molecule has 7 nitrogen and oxygen atoms in total. The van der Waals surface area contributed by atoms with Crippen LogP contribution in [0, 0.1) is 0 Å². The number of benzene rings is 1. The zero-order chi connectivity index (χ0) is 18.5. The Morgan fingerprint density at radius 3 is 2.21 bits per heavy atom. The van der Waals surface area contributed by atoms with Gasteiger partial charge in [0, 0.05) is 24.7 Å². The summed E-state index contributed by atoms with van der Waals surface area (Å²) in [6.45, 7) is 3.14. The number of nitrogens with zero attached hydrogens (tertiary/aromatic N) is 2. The quantitative estimate of drug-likeness (QED) is 0.744. The molecule has 0 saturated heterocycles. The normalized spacial score (nSPS) is 11.8. The highest BCUT2D eigenvalue weighted by atomic mass is 35.5. The summed E-state index contributed by atoms with van der Waals surface area (Å²) < 4.78 is 25.9. The maximum Gasteiger partial charge on any atom is 0.305 e. The molecule has 0 aliphatic carbocycles. The predicted molar refractivity (Wildman–Crippen MR) is 90.4 cm³/mol. The molecule has 1 amide bonds. The molecule has 0 bridgehead atoms. The van der Waals surface area contributed by atoms with E-state index in [9.17, 15) is 18.0 Å². The maximum absolute atomic E-state index is 12.5. The molecular formula is C15H21ClN2O5S. The number of carboxylic acid groups (broad SMARTS) is 1. The Labute approximate surface area is 146 Å². The minimum atomic E-state index is -3.83. The van der Waals surface area contributed by atoms with Gasteiger partial charge in [0.25, 0.3) is 0 Å². The molecule has 0 atom stereocenters. The van der Waals surface area contributed by atoms with Crippen LogP contribution in [0.2, 0.25) is 5.02 Å². The lowest BCUT2D eigenvalue weighted by Gasteiger charge is -2.28. The number of halogens is 1. The van der Waals surface area contributed by atoms with Crippen molar-refractivity contribution in [2.75, 3.05) is 20.1 Å². The van der Waals surface area contributed by atoms with Gasteiger partial charge in [-0.15, -0.1) is 0 Å². The van der Waals surface area contributed by atoms with Gasteiger partial charge in [-0.2, -0.15) is 4.31 Å². The van der Waals surface area contributed by atoms with Gasteiger partial charge in [0.1, 0.15) is 0 Å². The van der Waals surface area contributed by atoms with E-state index in [0.717, 1.165) is 4.31 Å².